The fourth-order valence-corrected chi connectivity index (χ4v) is 7.53. The molecule has 1 saturated heterocycles. The number of aromatic nitrogens is 5. The summed E-state index contributed by atoms with van der Waals surface area (Å²) in [4.78, 5) is 32.6. The van der Waals surface area contributed by atoms with E-state index < -0.39 is 5.92 Å². The summed E-state index contributed by atoms with van der Waals surface area (Å²) in [5.74, 6) is 1.02. The zero-order chi connectivity index (χ0) is 30.0. The molecule has 2 aliphatic heterocycles. The van der Waals surface area contributed by atoms with E-state index in [2.05, 4.69) is 14.8 Å². The summed E-state index contributed by atoms with van der Waals surface area (Å²) in [6.45, 7) is 1.30. The number of hydrogen-bond acceptors (Lipinski definition) is 6. The van der Waals surface area contributed by atoms with Gasteiger partial charge in [-0.2, -0.15) is 5.10 Å². The lowest BCUT2D eigenvalue weighted by molar-refractivity contribution is -0.135. The zero-order valence-corrected chi connectivity index (χ0v) is 25.5. The van der Waals surface area contributed by atoms with E-state index in [1.54, 1.807) is 12.0 Å². The number of rotatable bonds is 8. The number of piperidine rings is 1. The average molecular weight is 596 g/mol. The van der Waals surface area contributed by atoms with Gasteiger partial charge in [0.05, 0.1) is 16.9 Å². The summed E-state index contributed by atoms with van der Waals surface area (Å²) in [5.41, 5.74) is 3.32. The molecular formula is C34H41N7O3. The fraction of sp³-hybridized carbons (Fsp3) is 0.500. The van der Waals surface area contributed by atoms with Gasteiger partial charge < -0.3 is 14.5 Å². The monoisotopic (exact) mass is 595 g/mol. The summed E-state index contributed by atoms with van der Waals surface area (Å²) >= 11 is 0. The topological polar surface area (TPSA) is 109 Å². The van der Waals surface area contributed by atoms with E-state index in [4.69, 9.17) is 14.9 Å². The normalized spacial score (nSPS) is 20.9. The van der Waals surface area contributed by atoms with Crippen molar-refractivity contribution in [3.8, 4) is 5.69 Å². The Balaban J connectivity index is 1.31. The first-order valence-corrected chi connectivity index (χ1v) is 16.2. The molecule has 2 aromatic heterocycles. The molecule has 0 bridgehead atoms. The van der Waals surface area contributed by atoms with Crippen molar-refractivity contribution in [3.63, 3.8) is 0 Å². The number of fused-ring (bicyclic) bond motifs is 4. The molecule has 2 fully saturated rings. The van der Waals surface area contributed by atoms with Gasteiger partial charge in [0.25, 0.3) is 0 Å². The lowest BCUT2D eigenvalue weighted by atomic mass is 9.88. The summed E-state index contributed by atoms with van der Waals surface area (Å²) in [7, 11) is 1.70. The molecule has 1 aliphatic carbocycles. The molecule has 4 heterocycles. The number of ether oxygens (including phenoxy) is 1. The minimum Gasteiger partial charge on any atom is -0.385 e. The Labute approximate surface area is 257 Å². The number of nitrogens with one attached hydrogen (secondary N) is 1. The van der Waals surface area contributed by atoms with Gasteiger partial charge in [-0.15, -0.1) is 10.2 Å². The van der Waals surface area contributed by atoms with Crippen LogP contribution in [0.3, 0.4) is 0 Å². The molecule has 230 valence electrons. The van der Waals surface area contributed by atoms with Crippen molar-refractivity contribution in [2.75, 3.05) is 31.7 Å². The van der Waals surface area contributed by atoms with Crippen LogP contribution in [0.5, 0.6) is 0 Å². The molecule has 10 nitrogen and oxygen atoms in total. The highest BCUT2D eigenvalue weighted by molar-refractivity contribution is 6.04. The maximum absolute atomic E-state index is 14.8. The zero-order valence-electron chi connectivity index (χ0n) is 25.5. The highest BCUT2D eigenvalue weighted by Gasteiger charge is 2.40. The molecule has 1 N–H and O–H groups in total. The second-order valence-electron chi connectivity index (χ2n) is 12.5. The molecule has 44 heavy (non-hydrogen) atoms. The van der Waals surface area contributed by atoms with E-state index in [9.17, 15) is 9.59 Å². The van der Waals surface area contributed by atoms with E-state index in [0.717, 1.165) is 85.2 Å². The SMILES string of the molecule is COCCC1CCCCN1C(=O)CN1C(=O)C(Cc2[nH]nc3ccccc23)c2nnc(C3CCCCC3)n2-c2ccccc21. The number of aromatic amines is 1. The molecule has 10 heteroatoms. The van der Waals surface area contributed by atoms with Crippen LogP contribution in [0.2, 0.25) is 0 Å². The number of para-hydroxylation sites is 3. The number of hydrogen-bond donors (Lipinski definition) is 1. The van der Waals surface area contributed by atoms with E-state index in [0.29, 0.717) is 25.4 Å². The maximum atomic E-state index is 14.8. The predicted octanol–water partition coefficient (Wildman–Crippen LogP) is 5.28. The van der Waals surface area contributed by atoms with Gasteiger partial charge in [-0.3, -0.25) is 19.3 Å². The molecule has 1 saturated carbocycles. The van der Waals surface area contributed by atoms with E-state index in [1.807, 2.05) is 53.4 Å². The fourth-order valence-electron chi connectivity index (χ4n) is 7.53. The minimum atomic E-state index is -0.644. The number of benzene rings is 2. The smallest absolute Gasteiger partial charge is 0.242 e. The van der Waals surface area contributed by atoms with Gasteiger partial charge in [0.15, 0.2) is 5.82 Å². The van der Waals surface area contributed by atoms with Crippen LogP contribution in [-0.2, 0) is 20.7 Å². The largest absolute Gasteiger partial charge is 0.385 e. The second kappa shape index (κ2) is 12.5. The summed E-state index contributed by atoms with van der Waals surface area (Å²) in [5, 5.41) is 18.2. The number of likely N-dealkylation sites (tertiary alicyclic amines) is 1. The Kier molecular flexibility index (Phi) is 8.16. The van der Waals surface area contributed by atoms with Gasteiger partial charge in [-0.25, -0.2) is 0 Å². The highest BCUT2D eigenvalue weighted by atomic mass is 16.5. The van der Waals surface area contributed by atoms with Crippen LogP contribution in [0, 0.1) is 0 Å². The average Bonchev–Trinajstić information content (AvgIpc) is 3.68. The van der Waals surface area contributed by atoms with Crippen LogP contribution in [0.25, 0.3) is 16.6 Å². The molecule has 2 atom stereocenters. The van der Waals surface area contributed by atoms with Crippen LogP contribution in [-0.4, -0.2) is 74.5 Å². The van der Waals surface area contributed by atoms with Crippen molar-refractivity contribution >= 4 is 28.4 Å². The van der Waals surface area contributed by atoms with Crippen LogP contribution >= 0.6 is 0 Å². The van der Waals surface area contributed by atoms with Gasteiger partial charge in [-0.05, 0) is 56.7 Å². The quantitative estimate of drug-likeness (QED) is 0.297. The first kappa shape index (κ1) is 28.7. The van der Waals surface area contributed by atoms with E-state index in [1.165, 1.54) is 6.42 Å². The molecule has 2 aromatic carbocycles. The molecule has 7 rings (SSSR count). The number of carbonyl (C=O) groups excluding carboxylic acids is 2. The lowest BCUT2D eigenvalue weighted by Gasteiger charge is -2.37. The van der Waals surface area contributed by atoms with E-state index in [-0.39, 0.29) is 30.3 Å². The number of nitrogens with zero attached hydrogens (tertiary/aromatic N) is 6. The third kappa shape index (κ3) is 5.29. The Hall–Kier alpha value is -4.05. The maximum Gasteiger partial charge on any atom is 0.242 e. The third-order valence-electron chi connectivity index (χ3n) is 9.82. The number of amides is 2. The van der Waals surface area contributed by atoms with Crippen molar-refractivity contribution in [2.45, 2.75) is 82.1 Å². The van der Waals surface area contributed by atoms with Crippen LogP contribution in [0.4, 0.5) is 5.69 Å². The minimum absolute atomic E-state index is 0.0173. The van der Waals surface area contributed by atoms with Crippen molar-refractivity contribution < 1.29 is 14.3 Å². The molecule has 0 radical (unpaired) electrons. The molecule has 0 spiro atoms. The van der Waals surface area contributed by atoms with Gasteiger partial charge in [-0.1, -0.05) is 49.6 Å². The number of methoxy groups -OCH3 is 1. The van der Waals surface area contributed by atoms with Crippen molar-refractivity contribution in [1.82, 2.24) is 29.9 Å². The number of H-pyrrole nitrogens is 1. The molecule has 2 amide bonds. The van der Waals surface area contributed by atoms with Gasteiger partial charge in [0.2, 0.25) is 11.8 Å². The summed E-state index contributed by atoms with van der Waals surface area (Å²) in [6, 6.07) is 16.0. The predicted molar refractivity (Wildman–Crippen MR) is 168 cm³/mol. The molecule has 3 aliphatic rings. The van der Waals surface area contributed by atoms with Crippen molar-refractivity contribution in [1.29, 1.82) is 0 Å². The van der Waals surface area contributed by atoms with Gasteiger partial charge >= 0.3 is 0 Å². The first-order chi connectivity index (χ1) is 21.6. The summed E-state index contributed by atoms with van der Waals surface area (Å²) < 4.78 is 7.50. The van der Waals surface area contributed by atoms with Gasteiger partial charge in [0.1, 0.15) is 18.3 Å². The highest BCUT2D eigenvalue weighted by Crippen LogP contribution is 2.40. The molecular weight excluding hydrogens is 554 g/mol. The van der Waals surface area contributed by atoms with Crippen LogP contribution < -0.4 is 4.90 Å². The third-order valence-corrected chi connectivity index (χ3v) is 9.82. The first-order valence-electron chi connectivity index (χ1n) is 16.2. The van der Waals surface area contributed by atoms with Crippen LogP contribution in [0.15, 0.2) is 48.5 Å². The van der Waals surface area contributed by atoms with Crippen molar-refractivity contribution in [3.05, 3.63) is 65.9 Å². The number of anilines is 1. The second-order valence-corrected chi connectivity index (χ2v) is 12.5. The lowest BCUT2D eigenvalue weighted by Crippen LogP contribution is -2.50. The number of carbonyl (C=O) groups is 2. The Morgan fingerprint density at radius 3 is 2.52 bits per heavy atom. The molecule has 4 aromatic rings. The Morgan fingerprint density at radius 2 is 1.68 bits per heavy atom. The standard InChI is InChI=1S/C34H41N7O3/c1-44-20-18-24-13-9-10-19-39(24)31(42)22-40-29-16-7-8-17-30(29)41-32(23-11-3-2-4-12-23)37-38-33(41)26(34(40)43)21-28-25-14-5-6-15-27(25)35-36-28/h5-8,14-17,23-24,26H,2-4,9-13,18-22H2,1H3,(H,35,36). The Morgan fingerprint density at radius 1 is 0.932 bits per heavy atom. The van der Waals surface area contributed by atoms with Crippen LogP contribution in [0.1, 0.15) is 87.0 Å². The van der Waals surface area contributed by atoms with Crippen molar-refractivity contribution in [2.24, 2.45) is 0 Å². The Bertz CT molecular complexity index is 1640. The molecule has 2 unspecified atom stereocenters. The van der Waals surface area contributed by atoms with Gasteiger partial charge in [0, 0.05) is 49.7 Å². The van der Waals surface area contributed by atoms with E-state index >= 15 is 0 Å². The summed E-state index contributed by atoms with van der Waals surface area (Å²) in [6.07, 6.45) is 9.89.